The topological polar surface area (TPSA) is 77.9 Å². The second kappa shape index (κ2) is 5.14. The first kappa shape index (κ1) is 13.8. The molecule has 18 heavy (non-hydrogen) atoms. The van der Waals surface area contributed by atoms with E-state index in [1.54, 1.807) is 4.90 Å². The predicted octanol–water partition coefficient (Wildman–Crippen LogP) is -0.749. The molecule has 0 aromatic carbocycles. The van der Waals surface area contributed by atoms with Gasteiger partial charge in [-0.05, 0) is 19.3 Å². The van der Waals surface area contributed by atoms with Crippen LogP contribution >= 0.6 is 0 Å². The maximum atomic E-state index is 12.3. The fourth-order valence-electron chi connectivity index (χ4n) is 2.78. The van der Waals surface area contributed by atoms with Gasteiger partial charge in [0.1, 0.15) is 6.04 Å². The Morgan fingerprint density at radius 3 is 2.61 bits per heavy atom. The summed E-state index contributed by atoms with van der Waals surface area (Å²) in [6, 6.07) is -0.530. The van der Waals surface area contributed by atoms with Crippen LogP contribution in [0.3, 0.4) is 0 Å². The highest BCUT2D eigenvalue weighted by atomic mass is 32.2. The zero-order valence-corrected chi connectivity index (χ0v) is 11.4. The average molecular weight is 276 g/mol. The van der Waals surface area contributed by atoms with E-state index in [9.17, 15) is 13.2 Å². The molecule has 1 amide bonds. The lowest BCUT2D eigenvalue weighted by molar-refractivity contribution is -0.133. The van der Waals surface area contributed by atoms with Crippen LogP contribution in [0, 0.1) is 5.92 Å². The van der Waals surface area contributed by atoms with Gasteiger partial charge in [-0.15, -0.1) is 0 Å². The third-order valence-corrected chi connectivity index (χ3v) is 5.06. The molecule has 2 aliphatic rings. The van der Waals surface area contributed by atoms with E-state index in [0.29, 0.717) is 26.1 Å². The number of aliphatic hydroxyl groups is 1. The van der Waals surface area contributed by atoms with Crippen molar-refractivity contribution >= 4 is 15.9 Å². The van der Waals surface area contributed by atoms with Crippen LogP contribution in [-0.4, -0.2) is 67.2 Å². The molecule has 0 bridgehead atoms. The summed E-state index contributed by atoms with van der Waals surface area (Å²) in [6.07, 6.45) is 3.29. The second-order valence-electron chi connectivity index (χ2n) is 5.15. The lowest BCUT2D eigenvalue weighted by atomic mass is 10.1. The van der Waals surface area contributed by atoms with Crippen LogP contribution in [0.25, 0.3) is 0 Å². The lowest BCUT2D eigenvalue weighted by Crippen LogP contribution is -2.46. The summed E-state index contributed by atoms with van der Waals surface area (Å²) in [6.45, 7) is 1.69. The molecular weight excluding hydrogens is 256 g/mol. The highest BCUT2D eigenvalue weighted by Gasteiger charge is 2.40. The Labute approximate surface area is 108 Å². The van der Waals surface area contributed by atoms with E-state index in [2.05, 4.69) is 0 Å². The molecule has 1 N–H and O–H groups in total. The quantitative estimate of drug-likeness (QED) is 0.736. The van der Waals surface area contributed by atoms with Crippen LogP contribution in [-0.2, 0) is 14.8 Å². The molecule has 0 aromatic rings. The molecule has 0 spiro atoms. The molecule has 0 saturated carbocycles. The minimum absolute atomic E-state index is 0.0875. The van der Waals surface area contributed by atoms with Gasteiger partial charge in [-0.25, -0.2) is 8.42 Å². The molecule has 0 aromatic heterocycles. The van der Waals surface area contributed by atoms with E-state index in [-0.39, 0.29) is 18.4 Å². The van der Waals surface area contributed by atoms with E-state index in [0.717, 1.165) is 19.1 Å². The van der Waals surface area contributed by atoms with Crippen LogP contribution < -0.4 is 0 Å². The van der Waals surface area contributed by atoms with Gasteiger partial charge in [0.15, 0.2) is 0 Å². The van der Waals surface area contributed by atoms with E-state index in [1.165, 1.54) is 4.31 Å². The smallest absolute Gasteiger partial charge is 0.241 e. The van der Waals surface area contributed by atoms with Crippen molar-refractivity contribution in [3.63, 3.8) is 0 Å². The van der Waals surface area contributed by atoms with Gasteiger partial charge in [-0.3, -0.25) is 4.79 Å². The van der Waals surface area contributed by atoms with Crippen molar-refractivity contribution in [1.82, 2.24) is 9.21 Å². The summed E-state index contributed by atoms with van der Waals surface area (Å²) in [7, 11) is -3.31. The van der Waals surface area contributed by atoms with Crippen molar-refractivity contribution in [2.45, 2.75) is 25.3 Å². The van der Waals surface area contributed by atoms with Crippen molar-refractivity contribution in [3.8, 4) is 0 Å². The first-order chi connectivity index (χ1) is 8.43. The molecule has 2 fully saturated rings. The summed E-state index contributed by atoms with van der Waals surface area (Å²) >= 11 is 0. The number of sulfonamides is 1. The fraction of sp³-hybridized carbons (Fsp3) is 0.909. The van der Waals surface area contributed by atoms with E-state index < -0.39 is 16.1 Å². The Morgan fingerprint density at radius 1 is 1.33 bits per heavy atom. The normalized spacial score (nSPS) is 30.0. The Hall–Kier alpha value is -0.660. The number of nitrogens with zero attached hydrogens (tertiary/aromatic N) is 2. The van der Waals surface area contributed by atoms with Crippen molar-refractivity contribution in [1.29, 1.82) is 0 Å². The fourth-order valence-corrected chi connectivity index (χ4v) is 3.90. The second-order valence-corrected chi connectivity index (χ2v) is 7.09. The number of rotatable bonds is 3. The number of hydrogen-bond donors (Lipinski definition) is 1. The molecule has 2 unspecified atom stereocenters. The minimum Gasteiger partial charge on any atom is -0.396 e. The monoisotopic (exact) mass is 276 g/mol. The summed E-state index contributed by atoms with van der Waals surface area (Å²) < 4.78 is 24.5. The van der Waals surface area contributed by atoms with Crippen molar-refractivity contribution < 1.29 is 18.3 Å². The van der Waals surface area contributed by atoms with Gasteiger partial charge in [0, 0.05) is 32.2 Å². The van der Waals surface area contributed by atoms with Crippen LogP contribution in [0.1, 0.15) is 19.3 Å². The number of amides is 1. The van der Waals surface area contributed by atoms with Crippen LogP contribution in [0.15, 0.2) is 0 Å². The Bertz CT molecular complexity index is 423. The summed E-state index contributed by atoms with van der Waals surface area (Å²) in [5.74, 6) is 0.0379. The van der Waals surface area contributed by atoms with Crippen molar-refractivity contribution in [2.75, 3.05) is 32.5 Å². The van der Waals surface area contributed by atoms with Crippen LogP contribution in [0.4, 0.5) is 0 Å². The van der Waals surface area contributed by atoms with E-state index in [4.69, 9.17) is 5.11 Å². The first-order valence-electron chi connectivity index (χ1n) is 6.30. The molecule has 2 heterocycles. The maximum Gasteiger partial charge on any atom is 0.241 e. The SMILES string of the molecule is CS(=O)(=O)N1CCCC1C(=O)N1CCC(CO)C1. The summed E-state index contributed by atoms with van der Waals surface area (Å²) in [4.78, 5) is 14.0. The number of carbonyl (C=O) groups is 1. The van der Waals surface area contributed by atoms with Crippen molar-refractivity contribution in [3.05, 3.63) is 0 Å². The van der Waals surface area contributed by atoms with Gasteiger partial charge in [0.05, 0.1) is 6.26 Å². The highest BCUT2D eigenvalue weighted by Crippen LogP contribution is 2.25. The zero-order chi connectivity index (χ0) is 13.3. The van der Waals surface area contributed by atoms with Gasteiger partial charge < -0.3 is 10.0 Å². The number of hydrogen-bond acceptors (Lipinski definition) is 4. The van der Waals surface area contributed by atoms with Crippen LogP contribution in [0.5, 0.6) is 0 Å². The highest BCUT2D eigenvalue weighted by molar-refractivity contribution is 7.88. The van der Waals surface area contributed by atoms with Gasteiger partial charge in [-0.2, -0.15) is 4.31 Å². The molecule has 7 heteroatoms. The number of aliphatic hydroxyl groups excluding tert-OH is 1. The molecular formula is C11H20N2O4S. The van der Waals surface area contributed by atoms with E-state index in [1.807, 2.05) is 0 Å². The third-order valence-electron chi connectivity index (χ3n) is 3.77. The molecule has 6 nitrogen and oxygen atoms in total. The third kappa shape index (κ3) is 2.67. The molecule has 0 radical (unpaired) electrons. The molecule has 2 aliphatic heterocycles. The Balaban J connectivity index is 2.05. The minimum atomic E-state index is -3.31. The summed E-state index contributed by atoms with van der Waals surface area (Å²) in [5, 5.41) is 9.07. The lowest BCUT2D eigenvalue weighted by Gasteiger charge is -2.26. The molecule has 0 aliphatic carbocycles. The van der Waals surface area contributed by atoms with Crippen LogP contribution in [0.2, 0.25) is 0 Å². The number of carbonyl (C=O) groups excluding carboxylic acids is 1. The van der Waals surface area contributed by atoms with Gasteiger partial charge in [0.2, 0.25) is 15.9 Å². The zero-order valence-electron chi connectivity index (χ0n) is 10.6. The Kier molecular flexibility index (Phi) is 3.93. The van der Waals surface area contributed by atoms with E-state index >= 15 is 0 Å². The predicted molar refractivity (Wildman–Crippen MR) is 66.3 cm³/mol. The van der Waals surface area contributed by atoms with Gasteiger partial charge in [0.25, 0.3) is 0 Å². The maximum absolute atomic E-state index is 12.3. The van der Waals surface area contributed by atoms with Crippen molar-refractivity contribution in [2.24, 2.45) is 5.92 Å². The average Bonchev–Trinajstić information content (AvgIpc) is 2.96. The molecule has 2 rings (SSSR count). The Morgan fingerprint density at radius 2 is 2.06 bits per heavy atom. The van der Waals surface area contributed by atoms with Gasteiger partial charge in [-0.1, -0.05) is 0 Å². The van der Waals surface area contributed by atoms with Gasteiger partial charge >= 0.3 is 0 Å². The largest absolute Gasteiger partial charge is 0.396 e. The molecule has 2 atom stereocenters. The summed E-state index contributed by atoms with van der Waals surface area (Å²) in [5.41, 5.74) is 0. The first-order valence-corrected chi connectivity index (χ1v) is 8.14. The molecule has 2 saturated heterocycles. The number of likely N-dealkylation sites (tertiary alicyclic amines) is 1. The standard InChI is InChI=1S/C11H20N2O4S/c1-18(16,17)13-5-2-3-10(13)11(15)12-6-4-9(7-12)8-14/h9-10,14H,2-8H2,1H3. The molecule has 104 valence electrons.